The normalized spacial score (nSPS) is 14.4. The van der Waals surface area contributed by atoms with Gasteiger partial charge >= 0.3 is 5.97 Å². The van der Waals surface area contributed by atoms with Crippen molar-refractivity contribution in [2.75, 3.05) is 0 Å². The highest BCUT2D eigenvalue weighted by atomic mass is 32.1. The predicted molar refractivity (Wildman–Crippen MR) is 127 cm³/mol. The van der Waals surface area contributed by atoms with Crippen LogP contribution in [0.25, 0.3) is 5.57 Å². The van der Waals surface area contributed by atoms with Crippen LogP contribution in [0.15, 0.2) is 42.0 Å². The molecule has 2 N–H and O–H groups in total. The number of aryl methyl sites for hydroxylation is 1. The molecule has 3 rings (SSSR count). The minimum Gasteiger partial charge on any atom is -0.477 e. The summed E-state index contributed by atoms with van der Waals surface area (Å²) in [6.07, 6.45) is 9.93. The molecule has 0 aliphatic heterocycles. The van der Waals surface area contributed by atoms with E-state index in [2.05, 4.69) is 45.0 Å². The third-order valence-electron chi connectivity index (χ3n) is 5.59. The molecule has 2 aromatic rings. The molecule has 0 amide bonds. The topological polar surface area (TPSA) is 57.5 Å². The molecule has 1 aromatic heterocycles. The SMILES string of the molecule is CCCCCC(O)c1ccc(C2=C(C)CCC2)cc1.CCCc1ccc(C(=O)O)s1. The molecule has 4 heteroatoms. The number of benzene rings is 1. The second-order valence-electron chi connectivity index (χ2n) is 8.07. The van der Waals surface area contributed by atoms with Gasteiger partial charge in [0.2, 0.25) is 0 Å². The fourth-order valence-electron chi connectivity index (χ4n) is 3.82. The fraction of sp³-hybridized carbons (Fsp3) is 0.500. The van der Waals surface area contributed by atoms with Gasteiger partial charge < -0.3 is 10.2 Å². The molecule has 3 nitrogen and oxygen atoms in total. The van der Waals surface area contributed by atoms with Gasteiger partial charge in [-0.15, -0.1) is 11.3 Å². The van der Waals surface area contributed by atoms with Crippen LogP contribution in [0.1, 0.15) is 104 Å². The van der Waals surface area contributed by atoms with Gasteiger partial charge in [-0.05, 0) is 67.9 Å². The van der Waals surface area contributed by atoms with Crippen molar-refractivity contribution in [3.8, 4) is 0 Å². The van der Waals surface area contributed by atoms with Gasteiger partial charge in [0, 0.05) is 4.88 Å². The van der Waals surface area contributed by atoms with Crippen molar-refractivity contribution in [3.63, 3.8) is 0 Å². The molecule has 30 heavy (non-hydrogen) atoms. The standard InChI is InChI=1S/C18H26O.C8H10O2S/c1-3-4-5-9-18(19)16-12-10-15(11-13-16)17-8-6-7-14(17)2;1-2-3-6-4-5-7(11-6)8(9)10/h10-13,18-19H,3-9H2,1-2H3;4-5H,2-3H2,1H3,(H,9,10). The lowest BCUT2D eigenvalue weighted by Gasteiger charge is -2.12. The molecule has 0 bridgehead atoms. The highest BCUT2D eigenvalue weighted by Crippen LogP contribution is 2.34. The first-order chi connectivity index (χ1) is 14.5. The minimum atomic E-state index is -0.822. The number of carbonyl (C=O) groups is 1. The van der Waals surface area contributed by atoms with Gasteiger partial charge in [0.1, 0.15) is 4.88 Å². The molecule has 164 valence electrons. The molecule has 1 heterocycles. The molecule has 0 spiro atoms. The van der Waals surface area contributed by atoms with Crippen molar-refractivity contribution >= 4 is 22.9 Å². The van der Waals surface area contributed by atoms with Crippen molar-refractivity contribution in [2.45, 2.75) is 84.7 Å². The molecule has 1 atom stereocenters. The lowest BCUT2D eigenvalue weighted by atomic mass is 9.98. The zero-order valence-electron chi connectivity index (χ0n) is 18.6. The number of thiophene rings is 1. The first-order valence-electron chi connectivity index (χ1n) is 11.2. The third-order valence-corrected chi connectivity index (χ3v) is 6.72. The quantitative estimate of drug-likeness (QED) is 0.403. The summed E-state index contributed by atoms with van der Waals surface area (Å²) in [5.74, 6) is -0.822. The second kappa shape index (κ2) is 12.7. The van der Waals surface area contributed by atoms with Gasteiger partial charge in [-0.3, -0.25) is 0 Å². The minimum absolute atomic E-state index is 0.292. The number of hydrogen-bond acceptors (Lipinski definition) is 3. The number of aliphatic hydroxyl groups excluding tert-OH is 1. The number of hydrogen-bond donors (Lipinski definition) is 2. The van der Waals surface area contributed by atoms with Crippen LogP contribution in [0.4, 0.5) is 0 Å². The van der Waals surface area contributed by atoms with Gasteiger partial charge in [0.15, 0.2) is 0 Å². The summed E-state index contributed by atoms with van der Waals surface area (Å²) >= 11 is 1.37. The highest BCUT2D eigenvalue weighted by Gasteiger charge is 2.13. The van der Waals surface area contributed by atoms with Crippen LogP contribution in [0.3, 0.4) is 0 Å². The monoisotopic (exact) mass is 428 g/mol. The van der Waals surface area contributed by atoms with Gasteiger partial charge in [0.25, 0.3) is 0 Å². The van der Waals surface area contributed by atoms with Crippen LogP contribution in [-0.4, -0.2) is 16.2 Å². The van der Waals surface area contributed by atoms with E-state index in [-0.39, 0.29) is 6.10 Å². The summed E-state index contributed by atoms with van der Waals surface area (Å²) < 4.78 is 0. The van der Waals surface area contributed by atoms with Crippen LogP contribution in [0.2, 0.25) is 0 Å². The maximum atomic E-state index is 10.4. The van der Waals surface area contributed by atoms with E-state index < -0.39 is 5.97 Å². The van der Waals surface area contributed by atoms with E-state index in [1.165, 1.54) is 60.2 Å². The van der Waals surface area contributed by atoms with Crippen LogP contribution in [0, 0.1) is 0 Å². The fourth-order valence-corrected chi connectivity index (χ4v) is 4.77. The van der Waals surface area contributed by atoms with Crippen LogP contribution >= 0.6 is 11.3 Å². The Hall–Kier alpha value is -1.91. The Morgan fingerprint density at radius 3 is 2.30 bits per heavy atom. The van der Waals surface area contributed by atoms with Gasteiger partial charge in [-0.25, -0.2) is 4.79 Å². The van der Waals surface area contributed by atoms with Gasteiger partial charge in [-0.2, -0.15) is 0 Å². The Balaban J connectivity index is 0.000000248. The molecule has 0 saturated heterocycles. The summed E-state index contributed by atoms with van der Waals surface area (Å²) in [5.41, 5.74) is 5.47. The number of aromatic carboxylic acids is 1. The third kappa shape index (κ3) is 7.41. The summed E-state index contributed by atoms with van der Waals surface area (Å²) in [7, 11) is 0. The van der Waals surface area contributed by atoms with E-state index in [1.807, 2.05) is 6.07 Å². The van der Waals surface area contributed by atoms with Crippen LogP contribution < -0.4 is 0 Å². The van der Waals surface area contributed by atoms with Crippen LogP contribution in [0.5, 0.6) is 0 Å². The molecule has 1 aliphatic carbocycles. The number of carboxylic acid groups (broad SMARTS) is 1. The zero-order chi connectivity index (χ0) is 21.9. The molecule has 0 fully saturated rings. The maximum absolute atomic E-state index is 10.4. The summed E-state index contributed by atoms with van der Waals surface area (Å²) in [4.78, 5) is 12.0. The molecule has 1 aromatic carbocycles. The maximum Gasteiger partial charge on any atom is 0.345 e. The Bertz CT molecular complexity index is 817. The Kier molecular flexibility index (Phi) is 10.3. The molecular formula is C26H36O3S. The number of rotatable bonds is 9. The highest BCUT2D eigenvalue weighted by molar-refractivity contribution is 7.13. The first kappa shape index (κ1) is 24.4. The number of carboxylic acids is 1. The van der Waals surface area contributed by atoms with Crippen LogP contribution in [-0.2, 0) is 6.42 Å². The van der Waals surface area contributed by atoms with E-state index in [1.54, 1.807) is 6.07 Å². The molecular weight excluding hydrogens is 392 g/mol. The molecule has 1 unspecified atom stereocenters. The zero-order valence-corrected chi connectivity index (χ0v) is 19.4. The Labute approximate surface area is 185 Å². The second-order valence-corrected chi connectivity index (χ2v) is 9.24. The van der Waals surface area contributed by atoms with Crippen molar-refractivity contribution in [1.29, 1.82) is 0 Å². The average molecular weight is 429 g/mol. The largest absolute Gasteiger partial charge is 0.477 e. The summed E-state index contributed by atoms with van der Waals surface area (Å²) in [6, 6.07) is 12.1. The predicted octanol–water partition coefficient (Wildman–Crippen LogP) is 7.66. The van der Waals surface area contributed by atoms with Gasteiger partial charge in [0.05, 0.1) is 6.10 Å². The first-order valence-corrected chi connectivity index (χ1v) is 12.1. The lowest BCUT2D eigenvalue weighted by molar-refractivity contribution is 0.0702. The van der Waals surface area contributed by atoms with Crippen molar-refractivity contribution in [3.05, 3.63) is 62.9 Å². The van der Waals surface area contributed by atoms with Crippen molar-refractivity contribution in [1.82, 2.24) is 0 Å². The van der Waals surface area contributed by atoms with E-state index >= 15 is 0 Å². The number of unbranched alkanes of at least 4 members (excludes halogenated alkanes) is 2. The van der Waals surface area contributed by atoms with E-state index in [0.29, 0.717) is 4.88 Å². The average Bonchev–Trinajstić information content (AvgIpc) is 3.38. The lowest BCUT2D eigenvalue weighted by Crippen LogP contribution is -1.97. The summed E-state index contributed by atoms with van der Waals surface area (Å²) in [5, 5.41) is 18.7. The smallest absolute Gasteiger partial charge is 0.345 e. The van der Waals surface area contributed by atoms with E-state index in [0.717, 1.165) is 36.1 Å². The van der Waals surface area contributed by atoms with Crippen molar-refractivity contribution < 1.29 is 15.0 Å². The number of allylic oxidation sites excluding steroid dienone is 2. The van der Waals surface area contributed by atoms with E-state index in [4.69, 9.17) is 5.11 Å². The molecule has 0 saturated carbocycles. The van der Waals surface area contributed by atoms with Crippen molar-refractivity contribution in [2.24, 2.45) is 0 Å². The van der Waals surface area contributed by atoms with Gasteiger partial charge in [-0.1, -0.05) is 69.4 Å². The van der Waals surface area contributed by atoms with E-state index in [9.17, 15) is 9.90 Å². The number of aliphatic hydroxyl groups is 1. The molecule has 1 aliphatic rings. The Morgan fingerprint density at radius 1 is 1.03 bits per heavy atom. The molecule has 0 radical (unpaired) electrons. The summed E-state index contributed by atoms with van der Waals surface area (Å²) in [6.45, 7) is 6.52. The Morgan fingerprint density at radius 2 is 1.77 bits per heavy atom.